The lowest BCUT2D eigenvalue weighted by atomic mass is 10.4. The van der Waals surface area contributed by atoms with E-state index in [4.69, 9.17) is 16.5 Å². The van der Waals surface area contributed by atoms with Gasteiger partial charge in [0.1, 0.15) is 0 Å². The SMILES string of the molecule is CC[N+](C)(C)CCC[Si](O)(O)O[Si](O[Si](O)(O)CCC[N+](C)(C)CC)(O[Si](O)(O)CCC[N+](C)(C)CC)O[Si](O)(O)CCC[N+](C)(C)CC.[CH3-].[CH3-].[CH3-].[CH3-]. The van der Waals surface area contributed by atoms with Gasteiger partial charge >= 0.3 is 44.3 Å². The second-order valence-corrected chi connectivity index (χ2v) is 28.4. The predicted molar refractivity (Wildman–Crippen MR) is 224 cm³/mol. The van der Waals surface area contributed by atoms with Gasteiger partial charge in [0.05, 0.1) is 109 Å². The topological polar surface area (TPSA) is 199 Å². The quantitative estimate of drug-likeness (QED) is 0.0315. The van der Waals surface area contributed by atoms with Crippen molar-refractivity contribution in [2.45, 2.75) is 77.6 Å². The summed E-state index contributed by atoms with van der Waals surface area (Å²) in [5.41, 5.74) is 0. The summed E-state index contributed by atoms with van der Waals surface area (Å²) in [6.45, 7) is 13.3. The van der Waals surface area contributed by atoms with E-state index >= 15 is 0 Å². The highest BCUT2D eigenvalue weighted by Crippen LogP contribution is 2.31. The van der Waals surface area contributed by atoms with Crippen LogP contribution < -0.4 is 0 Å². The maximum absolute atomic E-state index is 11.3. The normalized spacial score (nSPS) is 13.8. The third-order valence-electron chi connectivity index (χ3n) is 9.64. The van der Waals surface area contributed by atoms with Gasteiger partial charge in [0.15, 0.2) is 0 Å². The van der Waals surface area contributed by atoms with Crippen LogP contribution in [0, 0.1) is 29.7 Å². The molecule has 0 aliphatic rings. The molecule has 0 amide bonds. The van der Waals surface area contributed by atoms with E-state index in [0.29, 0.717) is 44.1 Å². The van der Waals surface area contributed by atoms with Crippen molar-refractivity contribution in [2.75, 3.05) is 109 Å². The van der Waals surface area contributed by atoms with Gasteiger partial charge in [-0.2, -0.15) is 0 Å². The molecule has 0 aromatic heterocycles. The first-order valence-electron chi connectivity index (χ1n) is 17.8. The van der Waals surface area contributed by atoms with Crippen LogP contribution in [0.15, 0.2) is 0 Å². The van der Waals surface area contributed by atoms with E-state index in [9.17, 15) is 38.4 Å². The van der Waals surface area contributed by atoms with E-state index in [1.165, 1.54) is 0 Å². The summed E-state index contributed by atoms with van der Waals surface area (Å²) < 4.78 is 25.3. The minimum absolute atomic E-state index is 0. The lowest BCUT2D eigenvalue weighted by molar-refractivity contribution is -0.888. The number of nitrogens with zero attached hydrogens (tertiary/aromatic N) is 4. The maximum Gasteiger partial charge on any atom is 0.649 e. The van der Waals surface area contributed by atoms with Crippen LogP contribution in [0.1, 0.15) is 53.4 Å². The Morgan fingerprint density at radius 2 is 0.491 bits per heavy atom. The lowest BCUT2D eigenvalue weighted by Crippen LogP contribution is -2.70. The fraction of sp³-hybridized carbons (Fsp3) is 0.875. The third kappa shape index (κ3) is 28.5. The molecule has 0 saturated carbocycles. The molecule has 0 fully saturated rings. The number of hydrogen-bond acceptors (Lipinski definition) is 12. The van der Waals surface area contributed by atoms with Crippen molar-refractivity contribution in [2.24, 2.45) is 0 Å². The molecule has 0 heterocycles. The third-order valence-corrected chi connectivity index (χ3v) is 22.9. The van der Waals surface area contributed by atoms with Crippen molar-refractivity contribution in [1.29, 1.82) is 0 Å². The Labute approximate surface area is 332 Å². The zero-order valence-corrected chi connectivity index (χ0v) is 41.8. The smallest absolute Gasteiger partial charge is 0.390 e. The zero-order valence-electron chi connectivity index (χ0n) is 36.8. The van der Waals surface area contributed by atoms with Gasteiger partial charge in [-0.1, -0.05) is 0 Å². The molecule has 16 nitrogen and oxygen atoms in total. The molecule has 0 spiro atoms. The minimum Gasteiger partial charge on any atom is -0.390 e. The molecule has 53 heavy (non-hydrogen) atoms. The maximum atomic E-state index is 11.3. The molecular formula is C32H88N4O12Si5. The Bertz CT molecular complexity index is 816. The number of hydrogen-bond donors (Lipinski definition) is 8. The van der Waals surface area contributed by atoms with Gasteiger partial charge in [0, 0.05) is 49.9 Å². The van der Waals surface area contributed by atoms with Gasteiger partial charge < -0.3 is 102 Å². The molecule has 0 aliphatic heterocycles. The van der Waals surface area contributed by atoms with Crippen LogP contribution in [-0.2, 0) is 16.5 Å². The Kier molecular flexibility index (Phi) is 29.6. The molecule has 0 saturated heterocycles. The summed E-state index contributed by atoms with van der Waals surface area (Å²) in [6.07, 6.45) is 1.13. The summed E-state index contributed by atoms with van der Waals surface area (Å²) in [6, 6.07) is -1.13. The molecule has 21 heteroatoms. The number of quaternary nitrogens is 4. The highest BCUT2D eigenvalue weighted by atomic mass is 28.6. The molecule has 0 atom stereocenters. The van der Waals surface area contributed by atoms with E-state index < -0.39 is 44.3 Å². The van der Waals surface area contributed by atoms with Crippen LogP contribution >= 0.6 is 0 Å². The molecule has 0 bridgehead atoms. The fourth-order valence-electron chi connectivity index (χ4n) is 4.71. The van der Waals surface area contributed by atoms with Gasteiger partial charge in [-0.15, -0.1) is 0 Å². The first-order chi connectivity index (χ1) is 21.9. The molecule has 8 N–H and O–H groups in total. The Morgan fingerprint density at radius 1 is 0.340 bits per heavy atom. The molecule has 0 aliphatic carbocycles. The van der Waals surface area contributed by atoms with Crippen molar-refractivity contribution in [3.05, 3.63) is 29.7 Å². The molecule has 0 aromatic carbocycles. The molecule has 0 radical (unpaired) electrons. The first-order valence-corrected chi connectivity index (χ1v) is 27.4. The van der Waals surface area contributed by atoms with Gasteiger partial charge in [0.2, 0.25) is 0 Å². The van der Waals surface area contributed by atoms with E-state index in [1.807, 2.05) is 84.1 Å². The van der Waals surface area contributed by atoms with Crippen LogP contribution in [0.5, 0.6) is 0 Å². The largest absolute Gasteiger partial charge is 0.649 e. The average Bonchev–Trinajstić information content (AvgIpc) is 2.90. The summed E-state index contributed by atoms with van der Waals surface area (Å²) in [4.78, 5) is 90.1. The van der Waals surface area contributed by atoms with Crippen molar-refractivity contribution < 1.29 is 72.8 Å². The Morgan fingerprint density at radius 3 is 0.623 bits per heavy atom. The molecule has 0 rings (SSSR count). The van der Waals surface area contributed by atoms with Gasteiger partial charge in [-0.05, 0) is 27.7 Å². The number of rotatable bonds is 28. The molecular weight excluding hydrogens is 773 g/mol. The van der Waals surface area contributed by atoms with E-state index in [0.717, 1.165) is 26.2 Å². The van der Waals surface area contributed by atoms with Gasteiger partial charge in [-0.25, -0.2) is 0 Å². The summed E-state index contributed by atoms with van der Waals surface area (Å²) in [5.74, 6) is 0. The second kappa shape index (κ2) is 25.0. The van der Waals surface area contributed by atoms with Crippen LogP contribution in [-0.4, -0.2) is 209 Å². The van der Waals surface area contributed by atoms with E-state index in [-0.39, 0.29) is 79.6 Å². The van der Waals surface area contributed by atoms with Crippen LogP contribution in [0.25, 0.3) is 0 Å². The highest BCUT2D eigenvalue weighted by Gasteiger charge is 2.65. The minimum atomic E-state index is -5.53. The molecule has 328 valence electrons. The monoisotopic (exact) mass is 861 g/mol. The van der Waals surface area contributed by atoms with Crippen LogP contribution in [0.2, 0.25) is 24.2 Å². The summed E-state index contributed by atoms with van der Waals surface area (Å²) in [5, 5.41) is 0. The van der Waals surface area contributed by atoms with Crippen molar-refractivity contribution in [3.8, 4) is 0 Å². The highest BCUT2D eigenvalue weighted by molar-refractivity contribution is 6.84. The van der Waals surface area contributed by atoms with Crippen molar-refractivity contribution in [3.63, 3.8) is 0 Å². The van der Waals surface area contributed by atoms with Crippen molar-refractivity contribution in [1.82, 2.24) is 0 Å². The lowest BCUT2D eigenvalue weighted by Gasteiger charge is -2.40. The standard InChI is InChI=1S/C28H76N4O12Si5.4CH3/c1-13-29(5,6)21-17-25-45(33,34)41-49(42-46(35,36)26-18-22-30(7,8)14-2,43-47(37,38)27-19-23-31(9,10)15-3)44-48(39,40)28-20-24-32(11,12)16-4;;;;/h33-40H,13-28H2,1-12H3;4*1H3/q+4;4*-1. The Balaban J connectivity index is -0.00000192. The zero-order chi connectivity index (χ0) is 38.6. The first kappa shape index (κ1) is 62.6. The van der Waals surface area contributed by atoms with E-state index in [2.05, 4.69) is 0 Å². The fourth-order valence-corrected chi connectivity index (χ4v) is 18.5. The van der Waals surface area contributed by atoms with E-state index in [1.54, 1.807) is 0 Å². The Hall–Kier alpha value is 0.444. The second-order valence-electron chi connectivity index (χ2n) is 16.2. The van der Waals surface area contributed by atoms with Crippen LogP contribution in [0.4, 0.5) is 0 Å². The summed E-state index contributed by atoms with van der Waals surface area (Å²) >= 11 is 0. The predicted octanol–water partition coefficient (Wildman–Crippen LogP) is 0.929. The molecule has 0 aromatic rings. The van der Waals surface area contributed by atoms with Crippen molar-refractivity contribution >= 4 is 44.3 Å². The van der Waals surface area contributed by atoms with Gasteiger partial charge in [-0.3, -0.25) is 0 Å². The summed E-state index contributed by atoms with van der Waals surface area (Å²) in [7, 11) is -9.21. The molecule has 0 unspecified atom stereocenters. The average molecular weight is 862 g/mol. The van der Waals surface area contributed by atoms with Crippen LogP contribution in [0.3, 0.4) is 0 Å². The van der Waals surface area contributed by atoms with Gasteiger partial charge in [0.25, 0.3) is 0 Å².